The lowest BCUT2D eigenvalue weighted by atomic mass is 9.82. The van der Waals surface area contributed by atoms with Gasteiger partial charge in [0.1, 0.15) is 5.78 Å². The van der Waals surface area contributed by atoms with E-state index < -0.39 is 7.92 Å². The van der Waals surface area contributed by atoms with Crippen LogP contribution in [-0.2, 0) is 4.79 Å². The fraction of sp³-hybridized carbons (Fsp3) is 0.567. The molecule has 3 unspecified atom stereocenters. The lowest BCUT2D eigenvalue weighted by Gasteiger charge is -2.47. The third-order valence-electron chi connectivity index (χ3n) is 7.67. The molecule has 174 valence electrons. The molecule has 2 aromatic rings. The van der Waals surface area contributed by atoms with E-state index in [2.05, 4.69) is 106 Å². The van der Waals surface area contributed by atoms with Gasteiger partial charge in [0.25, 0.3) is 0 Å². The van der Waals surface area contributed by atoms with Crippen molar-refractivity contribution < 1.29 is 4.79 Å². The van der Waals surface area contributed by atoms with E-state index in [1.807, 2.05) is 0 Å². The number of hydrogen-bond acceptors (Lipinski definition) is 1. The average Bonchev–Trinajstić information content (AvgIpc) is 2.71. The zero-order valence-electron chi connectivity index (χ0n) is 21.9. The Balaban J connectivity index is 2.33. The molecule has 0 N–H and O–H groups in total. The molecule has 1 aliphatic heterocycles. The molecule has 32 heavy (non-hydrogen) atoms. The SMILES string of the molecule is CC(C)c1cc(C(C)C)c(-c2ccccc2P2C(C)CC(=O)C(C)C2(C)C)c(C(C)C)c1. The van der Waals surface area contributed by atoms with Crippen LogP contribution < -0.4 is 5.30 Å². The smallest absolute Gasteiger partial charge is 0.137 e. The molecule has 1 heterocycles. The third-order valence-corrected chi connectivity index (χ3v) is 11.3. The highest BCUT2D eigenvalue weighted by molar-refractivity contribution is 7.68. The van der Waals surface area contributed by atoms with Gasteiger partial charge in [-0.1, -0.05) is 114 Å². The van der Waals surface area contributed by atoms with Gasteiger partial charge < -0.3 is 0 Å². The van der Waals surface area contributed by atoms with Crippen LogP contribution in [0, 0.1) is 5.92 Å². The number of hydrogen-bond donors (Lipinski definition) is 0. The second-order valence-electron chi connectivity index (χ2n) is 11.3. The zero-order chi connectivity index (χ0) is 24.0. The number of carbonyl (C=O) groups excluding carboxylic acids is 1. The Morgan fingerprint density at radius 2 is 1.41 bits per heavy atom. The summed E-state index contributed by atoms with van der Waals surface area (Å²) in [6, 6.07) is 14.0. The molecule has 1 nitrogen and oxygen atoms in total. The van der Waals surface area contributed by atoms with Gasteiger partial charge in [0, 0.05) is 12.3 Å². The van der Waals surface area contributed by atoms with Crippen molar-refractivity contribution in [2.45, 2.75) is 104 Å². The largest absolute Gasteiger partial charge is 0.299 e. The predicted octanol–water partition coefficient (Wildman–Crippen LogP) is 8.61. The number of Topliss-reactive ketones (excluding diaryl/α,β-unsaturated/α-hetero) is 1. The maximum atomic E-state index is 12.8. The van der Waals surface area contributed by atoms with E-state index in [1.54, 1.807) is 0 Å². The molecule has 1 aliphatic rings. The molecule has 0 aliphatic carbocycles. The van der Waals surface area contributed by atoms with Crippen molar-refractivity contribution in [2.24, 2.45) is 5.92 Å². The normalized spacial score (nSPS) is 23.4. The molecule has 0 bridgehead atoms. The highest BCUT2D eigenvalue weighted by atomic mass is 31.1. The molecule has 2 aromatic carbocycles. The monoisotopic (exact) mass is 450 g/mol. The fourth-order valence-corrected chi connectivity index (χ4v) is 9.29. The Kier molecular flexibility index (Phi) is 7.41. The Morgan fingerprint density at radius 1 is 0.875 bits per heavy atom. The van der Waals surface area contributed by atoms with Crippen LogP contribution in [0.4, 0.5) is 0 Å². The summed E-state index contributed by atoms with van der Waals surface area (Å²) in [5.74, 6) is 1.97. The van der Waals surface area contributed by atoms with Crippen molar-refractivity contribution in [3.05, 3.63) is 53.1 Å². The van der Waals surface area contributed by atoms with E-state index in [0.717, 1.165) is 0 Å². The highest BCUT2D eigenvalue weighted by Gasteiger charge is 2.47. The van der Waals surface area contributed by atoms with Gasteiger partial charge in [0.2, 0.25) is 0 Å². The summed E-state index contributed by atoms with van der Waals surface area (Å²) in [7, 11) is -0.486. The molecule has 0 amide bonds. The number of rotatable bonds is 5. The molecule has 3 rings (SSSR count). The van der Waals surface area contributed by atoms with E-state index >= 15 is 0 Å². The number of ketones is 1. The number of carbonyl (C=O) groups is 1. The Hall–Kier alpha value is -1.46. The Bertz CT molecular complexity index is 953. The summed E-state index contributed by atoms with van der Waals surface area (Å²) in [6.07, 6.45) is 0.713. The van der Waals surface area contributed by atoms with Crippen LogP contribution in [0.3, 0.4) is 0 Å². The minimum atomic E-state index is -0.486. The standard InChI is InChI=1S/C30H43OP/c1-18(2)23-16-25(19(3)4)29(26(17-23)20(5)6)24-13-11-12-14-28(24)32-21(7)15-27(31)22(8)30(32,9)10/h11-14,16-22H,15H2,1-10H3. The van der Waals surface area contributed by atoms with Gasteiger partial charge in [-0.25, -0.2) is 0 Å². The van der Waals surface area contributed by atoms with E-state index in [0.29, 0.717) is 35.6 Å². The third kappa shape index (κ3) is 4.48. The maximum Gasteiger partial charge on any atom is 0.137 e. The second-order valence-corrected chi connectivity index (χ2v) is 14.6. The van der Waals surface area contributed by atoms with E-state index in [4.69, 9.17) is 0 Å². The predicted molar refractivity (Wildman–Crippen MR) is 143 cm³/mol. The van der Waals surface area contributed by atoms with Crippen molar-refractivity contribution >= 4 is 19.0 Å². The summed E-state index contributed by atoms with van der Waals surface area (Å²) in [4.78, 5) is 12.8. The van der Waals surface area contributed by atoms with Gasteiger partial charge in [-0.2, -0.15) is 0 Å². The summed E-state index contributed by atoms with van der Waals surface area (Å²) in [6.45, 7) is 23.0. The average molecular weight is 451 g/mol. The molecular weight excluding hydrogens is 407 g/mol. The summed E-state index contributed by atoms with van der Waals surface area (Å²) in [5.41, 5.74) is 7.63. The van der Waals surface area contributed by atoms with Crippen molar-refractivity contribution in [3.63, 3.8) is 0 Å². The molecule has 3 atom stereocenters. The van der Waals surface area contributed by atoms with Crippen LogP contribution in [0.1, 0.15) is 110 Å². The molecule has 1 saturated heterocycles. The van der Waals surface area contributed by atoms with Crippen LogP contribution >= 0.6 is 7.92 Å². The zero-order valence-corrected chi connectivity index (χ0v) is 22.8. The first kappa shape index (κ1) is 25.2. The molecule has 0 spiro atoms. The van der Waals surface area contributed by atoms with Crippen LogP contribution in [0.15, 0.2) is 36.4 Å². The second kappa shape index (κ2) is 9.42. The van der Waals surface area contributed by atoms with Crippen LogP contribution in [0.2, 0.25) is 0 Å². The lowest BCUT2D eigenvalue weighted by molar-refractivity contribution is -0.123. The molecule has 0 radical (unpaired) electrons. The van der Waals surface area contributed by atoms with E-state index in [9.17, 15) is 4.79 Å². The highest BCUT2D eigenvalue weighted by Crippen LogP contribution is 2.61. The number of benzene rings is 2. The quantitative estimate of drug-likeness (QED) is 0.417. The van der Waals surface area contributed by atoms with Crippen molar-refractivity contribution in [2.75, 3.05) is 0 Å². The summed E-state index contributed by atoms with van der Waals surface area (Å²) < 4.78 is 0. The summed E-state index contributed by atoms with van der Waals surface area (Å²) in [5, 5.41) is 1.48. The molecule has 1 fully saturated rings. The first-order chi connectivity index (χ1) is 14.9. The van der Waals surface area contributed by atoms with Gasteiger partial charge in [-0.3, -0.25) is 4.79 Å². The van der Waals surface area contributed by atoms with Crippen LogP contribution in [-0.4, -0.2) is 16.6 Å². The van der Waals surface area contributed by atoms with E-state index in [-0.39, 0.29) is 11.1 Å². The van der Waals surface area contributed by atoms with Gasteiger partial charge in [-0.05, 0) is 61.7 Å². The van der Waals surface area contributed by atoms with E-state index in [1.165, 1.54) is 33.1 Å². The van der Waals surface area contributed by atoms with Gasteiger partial charge in [-0.15, -0.1) is 0 Å². The van der Waals surface area contributed by atoms with Crippen LogP contribution in [0.25, 0.3) is 11.1 Å². The first-order valence-corrected chi connectivity index (χ1v) is 13.9. The molecule has 2 heteroatoms. The Morgan fingerprint density at radius 3 is 1.91 bits per heavy atom. The van der Waals surface area contributed by atoms with Gasteiger partial charge in [0.05, 0.1) is 0 Å². The van der Waals surface area contributed by atoms with Gasteiger partial charge in [0.15, 0.2) is 0 Å². The topological polar surface area (TPSA) is 17.1 Å². The lowest BCUT2D eigenvalue weighted by Crippen LogP contribution is -2.44. The minimum absolute atomic E-state index is 0.00590. The molecule has 0 aromatic heterocycles. The van der Waals surface area contributed by atoms with Crippen molar-refractivity contribution in [1.29, 1.82) is 0 Å². The first-order valence-electron chi connectivity index (χ1n) is 12.5. The fourth-order valence-electron chi connectivity index (χ4n) is 5.44. The van der Waals surface area contributed by atoms with Crippen LogP contribution in [0.5, 0.6) is 0 Å². The molecular formula is C30H43OP. The van der Waals surface area contributed by atoms with Crippen molar-refractivity contribution in [1.82, 2.24) is 0 Å². The molecule has 0 saturated carbocycles. The van der Waals surface area contributed by atoms with Crippen molar-refractivity contribution in [3.8, 4) is 11.1 Å². The maximum absolute atomic E-state index is 12.8. The summed E-state index contributed by atoms with van der Waals surface area (Å²) >= 11 is 0. The Labute approximate surface area is 198 Å². The minimum Gasteiger partial charge on any atom is -0.299 e. The van der Waals surface area contributed by atoms with Gasteiger partial charge >= 0.3 is 0 Å².